The number of aliphatic hydroxyl groups is 1. The molecule has 2 atom stereocenters. The fraction of sp³-hybridized carbons (Fsp3) is 0.667. The van der Waals surface area contributed by atoms with Crippen LogP contribution in [0.3, 0.4) is 0 Å². The van der Waals surface area contributed by atoms with Gasteiger partial charge in [0.15, 0.2) is 0 Å². The number of hydrogen-bond donors (Lipinski definition) is 2. The normalized spacial score (nSPS) is 27.6. The molecule has 2 fully saturated rings. The van der Waals surface area contributed by atoms with Crippen molar-refractivity contribution in [2.45, 2.75) is 43.7 Å². The van der Waals surface area contributed by atoms with Gasteiger partial charge >= 0.3 is 6.03 Å². The second-order valence-electron chi connectivity index (χ2n) is 8.00. The number of hydrogen-bond acceptors (Lipinski definition) is 4. The summed E-state index contributed by atoms with van der Waals surface area (Å²) in [6.45, 7) is 7.32. The number of benzene rings is 1. The molecule has 2 saturated heterocycles. The van der Waals surface area contributed by atoms with Gasteiger partial charge in [0.1, 0.15) is 0 Å². The molecule has 0 radical (unpaired) electrons. The predicted molar refractivity (Wildman–Crippen MR) is 104 cm³/mol. The van der Waals surface area contributed by atoms with Crippen molar-refractivity contribution in [2.24, 2.45) is 0 Å². The first-order valence-corrected chi connectivity index (χ1v) is 10.3. The van der Waals surface area contributed by atoms with E-state index in [0.717, 1.165) is 45.6 Å². The smallest absolute Gasteiger partial charge is 0.317 e. The summed E-state index contributed by atoms with van der Waals surface area (Å²) in [4.78, 5) is 16.6. The number of aliphatic hydroxyl groups excluding tert-OH is 1. The largest absolute Gasteiger partial charge is 0.390 e. The van der Waals surface area contributed by atoms with Gasteiger partial charge in [-0.1, -0.05) is 31.2 Å². The lowest BCUT2D eigenvalue weighted by Gasteiger charge is -2.44. The second kappa shape index (κ2) is 7.78. The van der Waals surface area contributed by atoms with Crippen LogP contribution in [0.4, 0.5) is 4.79 Å². The van der Waals surface area contributed by atoms with Crippen molar-refractivity contribution in [1.29, 1.82) is 0 Å². The van der Waals surface area contributed by atoms with E-state index in [0.29, 0.717) is 19.6 Å². The average molecular weight is 373 g/mol. The molecule has 0 unspecified atom stereocenters. The van der Waals surface area contributed by atoms with Crippen molar-refractivity contribution in [3.8, 4) is 0 Å². The van der Waals surface area contributed by atoms with E-state index in [1.165, 1.54) is 11.1 Å². The SMILES string of the molecule is CCCNC(=O)N1CCC2(CC1)c1ccccc1[C@@H](N1CCOCC1)[C@@H]2O. The third-order valence-corrected chi connectivity index (χ3v) is 6.59. The molecule has 27 heavy (non-hydrogen) atoms. The van der Waals surface area contributed by atoms with E-state index >= 15 is 0 Å². The third-order valence-electron chi connectivity index (χ3n) is 6.59. The molecule has 0 aromatic heterocycles. The highest BCUT2D eigenvalue weighted by Crippen LogP contribution is 2.52. The fourth-order valence-electron chi connectivity index (χ4n) is 5.11. The van der Waals surface area contributed by atoms with Crippen LogP contribution in [0.5, 0.6) is 0 Å². The van der Waals surface area contributed by atoms with Gasteiger partial charge in [0.2, 0.25) is 0 Å². The van der Waals surface area contributed by atoms with Crippen LogP contribution in [0.1, 0.15) is 43.4 Å². The van der Waals surface area contributed by atoms with Gasteiger partial charge in [0.25, 0.3) is 0 Å². The third kappa shape index (κ3) is 3.24. The van der Waals surface area contributed by atoms with E-state index in [1.54, 1.807) is 0 Å². The Balaban J connectivity index is 1.55. The molecule has 2 heterocycles. The molecule has 4 rings (SSSR count). The molecule has 1 aromatic carbocycles. The minimum atomic E-state index is -0.436. The van der Waals surface area contributed by atoms with Crippen LogP contribution in [0, 0.1) is 0 Å². The lowest BCUT2D eigenvalue weighted by Crippen LogP contribution is -2.53. The zero-order chi connectivity index (χ0) is 18.9. The number of carbonyl (C=O) groups excluding carboxylic acids is 1. The Morgan fingerprint density at radius 2 is 1.93 bits per heavy atom. The number of piperidine rings is 1. The molecule has 2 amide bonds. The van der Waals surface area contributed by atoms with E-state index in [4.69, 9.17) is 4.74 Å². The van der Waals surface area contributed by atoms with Gasteiger partial charge < -0.3 is 20.1 Å². The monoisotopic (exact) mass is 373 g/mol. The zero-order valence-electron chi connectivity index (χ0n) is 16.2. The summed E-state index contributed by atoms with van der Waals surface area (Å²) in [5, 5.41) is 14.5. The Morgan fingerprint density at radius 3 is 2.63 bits per heavy atom. The summed E-state index contributed by atoms with van der Waals surface area (Å²) < 4.78 is 5.52. The van der Waals surface area contributed by atoms with Gasteiger partial charge in [0.05, 0.1) is 25.4 Å². The lowest BCUT2D eigenvalue weighted by molar-refractivity contribution is -0.0469. The summed E-state index contributed by atoms with van der Waals surface area (Å²) in [5.74, 6) is 0. The molecule has 6 heteroatoms. The summed E-state index contributed by atoms with van der Waals surface area (Å²) in [6, 6.07) is 8.57. The van der Waals surface area contributed by atoms with E-state index in [9.17, 15) is 9.90 Å². The van der Waals surface area contributed by atoms with Crippen molar-refractivity contribution < 1.29 is 14.6 Å². The molecule has 1 aliphatic carbocycles. The Bertz CT molecular complexity index is 666. The lowest BCUT2D eigenvalue weighted by atomic mass is 9.72. The molecule has 148 valence electrons. The zero-order valence-corrected chi connectivity index (χ0v) is 16.2. The van der Waals surface area contributed by atoms with E-state index in [1.807, 2.05) is 4.90 Å². The van der Waals surface area contributed by atoms with Crippen molar-refractivity contribution in [2.75, 3.05) is 45.9 Å². The van der Waals surface area contributed by atoms with Crippen LogP contribution in [-0.2, 0) is 10.2 Å². The first-order chi connectivity index (χ1) is 13.2. The molecule has 1 spiro atoms. The molecule has 6 nitrogen and oxygen atoms in total. The van der Waals surface area contributed by atoms with Crippen molar-refractivity contribution >= 4 is 6.03 Å². The molecule has 0 saturated carbocycles. The molecule has 0 bridgehead atoms. The first-order valence-electron chi connectivity index (χ1n) is 10.3. The number of rotatable bonds is 3. The molecule has 3 aliphatic rings. The second-order valence-corrected chi connectivity index (χ2v) is 8.00. The number of urea groups is 1. The van der Waals surface area contributed by atoms with Gasteiger partial charge in [-0.3, -0.25) is 4.90 Å². The van der Waals surface area contributed by atoms with Crippen LogP contribution in [-0.4, -0.2) is 73.0 Å². The van der Waals surface area contributed by atoms with Crippen molar-refractivity contribution in [3.05, 3.63) is 35.4 Å². The van der Waals surface area contributed by atoms with Crippen LogP contribution in [0.25, 0.3) is 0 Å². The number of nitrogens with zero attached hydrogens (tertiary/aromatic N) is 2. The van der Waals surface area contributed by atoms with Crippen molar-refractivity contribution in [3.63, 3.8) is 0 Å². The van der Waals surface area contributed by atoms with Gasteiger partial charge in [-0.05, 0) is 30.4 Å². The molecular formula is C21H31N3O3. The standard InChI is InChI=1S/C21H31N3O3/c1-2-9-22-20(26)24-10-7-21(8-11-24)17-6-4-3-5-16(17)18(19(21)25)23-12-14-27-15-13-23/h3-6,18-19,25H,2,7-15H2,1H3,(H,22,26)/t18-,19+/m1/s1. The maximum atomic E-state index is 12.3. The Labute approximate surface area is 161 Å². The predicted octanol–water partition coefficient (Wildman–Crippen LogP) is 1.89. The average Bonchev–Trinajstić information content (AvgIpc) is 2.96. The highest BCUT2D eigenvalue weighted by molar-refractivity contribution is 5.74. The minimum Gasteiger partial charge on any atom is -0.390 e. The number of likely N-dealkylation sites (tertiary alicyclic amines) is 1. The van der Waals surface area contributed by atoms with E-state index in [-0.39, 0.29) is 17.5 Å². The van der Waals surface area contributed by atoms with Crippen LogP contribution >= 0.6 is 0 Å². The van der Waals surface area contributed by atoms with Gasteiger partial charge in [0, 0.05) is 38.1 Å². The fourth-order valence-corrected chi connectivity index (χ4v) is 5.11. The van der Waals surface area contributed by atoms with Crippen LogP contribution in [0.15, 0.2) is 24.3 Å². The van der Waals surface area contributed by atoms with Gasteiger partial charge in [-0.25, -0.2) is 4.79 Å². The number of nitrogens with one attached hydrogen (secondary N) is 1. The Hall–Kier alpha value is -1.63. The Morgan fingerprint density at radius 1 is 1.22 bits per heavy atom. The maximum Gasteiger partial charge on any atom is 0.317 e. The number of ether oxygens (including phenoxy) is 1. The molecular weight excluding hydrogens is 342 g/mol. The number of carbonyl (C=O) groups is 1. The van der Waals surface area contributed by atoms with Crippen molar-refractivity contribution in [1.82, 2.24) is 15.1 Å². The first kappa shape index (κ1) is 18.7. The maximum absolute atomic E-state index is 12.3. The number of amides is 2. The van der Waals surface area contributed by atoms with E-state index in [2.05, 4.69) is 41.4 Å². The van der Waals surface area contributed by atoms with Crippen LogP contribution in [0.2, 0.25) is 0 Å². The quantitative estimate of drug-likeness (QED) is 0.849. The summed E-state index contributed by atoms with van der Waals surface area (Å²) in [6.07, 6.45) is 2.13. The number of morpholine rings is 1. The Kier molecular flexibility index (Phi) is 5.39. The highest BCUT2D eigenvalue weighted by Gasteiger charge is 2.54. The van der Waals surface area contributed by atoms with Gasteiger partial charge in [-0.15, -0.1) is 0 Å². The molecule has 2 N–H and O–H groups in total. The van der Waals surface area contributed by atoms with Crippen LogP contribution < -0.4 is 5.32 Å². The highest BCUT2D eigenvalue weighted by atomic mass is 16.5. The van der Waals surface area contributed by atoms with Gasteiger partial charge in [-0.2, -0.15) is 0 Å². The minimum absolute atomic E-state index is 0.0252. The number of fused-ring (bicyclic) bond motifs is 2. The summed E-state index contributed by atoms with van der Waals surface area (Å²) in [5.41, 5.74) is 2.29. The van der Waals surface area contributed by atoms with E-state index < -0.39 is 6.10 Å². The molecule has 2 aliphatic heterocycles. The topological polar surface area (TPSA) is 65.0 Å². The summed E-state index contributed by atoms with van der Waals surface area (Å²) >= 11 is 0. The molecule has 1 aromatic rings. The summed E-state index contributed by atoms with van der Waals surface area (Å²) in [7, 11) is 0.